The van der Waals surface area contributed by atoms with Gasteiger partial charge in [0.05, 0.1) is 0 Å². The van der Waals surface area contributed by atoms with Gasteiger partial charge in [0, 0.05) is 24.7 Å². The standard InChI is InChI=1S/C12H19N5O/c1-8-15-9(4-5-13)7-11(16-8)17-6-2-3-10(17)12(14)18/h7,10H,2-6,13H2,1H3,(H2,14,18)/t10-/m0/s1. The summed E-state index contributed by atoms with van der Waals surface area (Å²) in [4.78, 5) is 22.1. The molecule has 2 heterocycles. The molecule has 6 heteroatoms. The van der Waals surface area contributed by atoms with Crippen LogP contribution in [0.15, 0.2) is 6.07 Å². The summed E-state index contributed by atoms with van der Waals surface area (Å²) in [6.07, 6.45) is 2.47. The van der Waals surface area contributed by atoms with Crippen LogP contribution in [-0.4, -0.2) is 35.0 Å². The molecule has 0 radical (unpaired) electrons. The molecule has 98 valence electrons. The number of aryl methyl sites for hydroxylation is 1. The first-order valence-corrected chi connectivity index (χ1v) is 6.22. The summed E-state index contributed by atoms with van der Waals surface area (Å²) in [5, 5.41) is 0. The second kappa shape index (κ2) is 5.30. The number of amides is 1. The van der Waals surface area contributed by atoms with Crippen LogP contribution >= 0.6 is 0 Å². The zero-order valence-electron chi connectivity index (χ0n) is 10.6. The molecule has 0 saturated carbocycles. The van der Waals surface area contributed by atoms with Crippen molar-refractivity contribution in [2.24, 2.45) is 11.5 Å². The molecule has 0 unspecified atom stereocenters. The third-order valence-electron chi connectivity index (χ3n) is 3.15. The molecule has 1 aromatic rings. The predicted octanol–water partition coefficient (Wildman–Crippen LogP) is -0.260. The SMILES string of the molecule is Cc1nc(CCN)cc(N2CCC[C@H]2C(N)=O)n1. The third kappa shape index (κ3) is 2.59. The summed E-state index contributed by atoms with van der Waals surface area (Å²) < 4.78 is 0. The Labute approximate surface area is 106 Å². The van der Waals surface area contributed by atoms with Crippen LogP contribution in [0.2, 0.25) is 0 Å². The molecular formula is C12H19N5O. The van der Waals surface area contributed by atoms with E-state index in [0.717, 1.165) is 30.9 Å². The summed E-state index contributed by atoms with van der Waals surface area (Å²) in [7, 11) is 0. The highest BCUT2D eigenvalue weighted by atomic mass is 16.1. The molecule has 4 N–H and O–H groups in total. The van der Waals surface area contributed by atoms with Crippen LogP contribution < -0.4 is 16.4 Å². The van der Waals surface area contributed by atoms with Crippen molar-refractivity contribution in [1.29, 1.82) is 0 Å². The lowest BCUT2D eigenvalue weighted by Gasteiger charge is -2.23. The quantitative estimate of drug-likeness (QED) is 0.766. The van der Waals surface area contributed by atoms with Crippen LogP contribution in [0.5, 0.6) is 0 Å². The molecule has 1 amide bonds. The van der Waals surface area contributed by atoms with E-state index in [-0.39, 0.29) is 11.9 Å². The summed E-state index contributed by atoms with van der Waals surface area (Å²) >= 11 is 0. The molecule has 18 heavy (non-hydrogen) atoms. The van der Waals surface area contributed by atoms with Gasteiger partial charge in [-0.3, -0.25) is 4.79 Å². The molecule has 1 saturated heterocycles. The van der Waals surface area contributed by atoms with Gasteiger partial charge in [-0.05, 0) is 26.3 Å². The fraction of sp³-hybridized carbons (Fsp3) is 0.583. The molecule has 2 rings (SSSR count). The number of nitrogens with zero attached hydrogens (tertiary/aromatic N) is 3. The van der Waals surface area contributed by atoms with Gasteiger partial charge in [-0.1, -0.05) is 0 Å². The number of primary amides is 1. The number of hydrogen-bond donors (Lipinski definition) is 2. The lowest BCUT2D eigenvalue weighted by atomic mass is 10.2. The van der Waals surface area contributed by atoms with Crippen molar-refractivity contribution in [2.75, 3.05) is 18.0 Å². The highest BCUT2D eigenvalue weighted by Gasteiger charge is 2.30. The maximum Gasteiger partial charge on any atom is 0.240 e. The van der Waals surface area contributed by atoms with Gasteiger partial charge in [-0.2, -0.15) is 0 Å². The Bertz CT molecular complexity index is 448. The van der Waals surface area contributed by atoms with E-state index < -0.39 is 0 Å². The first kappa shape index (κ1) is 12.8. The number of carbonyl (C=O) groups excluding carboxylic acids is 1. The van der Waals surface area contributed by atoms with Crippen molar-refractivity contribution >= 4 is 11.7 Å². The molecule has 1 atom stereocenters. The van der Waals surface area contributed by atoms with Gasteiger partial charge in [0.15, 0.2) is 0 Å². The van der Waals surface area contributed by atoms with Crippen LogP contribution in [0.3, 0.4) is 0 Å². The van der Waals surface area contributed by atoms with Crippen molar-refractivity contribution in [2.45, 2.75) is 32.2 Å². The minimum Gasteiger partial charge on any atom is -0.368 e. The zero-order chi connectivity index (χ0) is 13.1. The first-order chi connectivity index (χ1) is 8.61. The average molecular weight is 249 g/mol. The van der Waals surface area contributed by atoms with Crippen molar-refractivity contribution < 1.29 is 4.79 Å². The minimum absolute atomic E-state index is 0.245. The van der Waals surface area contributed by atoms with Crippen LogP contribution in [0, 0.1) is 6.92 Å². The zero-order valence-corrected chi connectivity index (χ0v) is 10.6. The van der Waals surface area contributed by atoms with E-state index in [1.807, 2.05) is 17.9 Å². The smallest absolute Gasteiger partial charge is 0.240 e. The van der Waals surface area contributed by atoms with Crippen molar-refractivity contribution in [3.05, 3.63) is 17.6 Å². The number of aromatic nitrogens is 2. The minimum atomic E-state index is -0.288. The Kier molecular flexibility index (Phi) is 3.76. The Morgan fingerprint density at radius 1 is 1.56 bits per heavy atom. The second-order valence-corrected chi connectivity index (χ2v) is 4.56. The molecule has 0 aliphatic carbocycles. The number of carbonyl (C=O) groups is 1. The molecule has 6 nitrogen and oxygen atoms in total. The average Bonchev–Trinajstić information content (AvgIpc) is 2.77. The normalized spacial score (nSPS) is 19.2. The van der Waals surface area contributed by atoms with Gasteiger partial charge >= 0.3 is 0 Å². The van der Waals surface area contributed by atoms with E-state index in [1.54, 1.807) is 0 Å². The Morgan fingerprint density at radius 2 is 2.33 bits per heavy atom. The van der Waals surface area contributed by atoms with Gasteiger partial charge in [0.2, 0.25) is 5.91 Å². The maximum atomic E-state index is 11.4. The molecule has 0 bridgehead atoms. The predicted molar refractivity (Wildman–Crippen MR) is 69.1 cm³/mol. The largest absolute Gasteiger partial charge is 0.368 e. The first-order valence-electron chi connectivity index (χ1n) is 6.22. The van der Waals surface area contributed by atoms with E-state index in [1.165, 1.54) is 0 Å². The van der Waals surface area contributed by atoms with Crippen molar-refractivity contribution in [3.63, 3.8) is 0 Å². The van der Waals surface area contributed by atoms with E-state index >= 15 is 0 Å². The summed E-state index contributed by atoms with van der Waals surface area (Å²) in [5.41, 5.74) is 11.9. The van der Waals surface area contributed by atoms with Gasteiger partial charge < -0.3 is 16.4 Å². The van der Waals surface area contributed by atoms with Gasteiger partial charge in [-0.25, -0.2) is 9.97 Å². The topological polar surface area (TPSA) is 98.1 Å². The maximum absolute atomic E-state index is 11.4. The van der Waals surface area contributed by atoms with E-state index in [9.17, 15) is 4.79 Å². The highest BCUT2D eigenvalue weighted by Crippen LogP contribution is 2.24. The lowest BCUT2D eigenvalue weighted by molar-refractivity contribution is -0.119. The number of rotatable bonds is 4. The fourth-order valence-corrected chi connectivity index (χ4v) is 2.37. The van der Waals surface area contributed by atoms with Gasteiger partial charge in [-0.15, -0.1) is 0 Å². The fourth-order valence-electron chi connectivity index (χ4n) is 2.37. The Morgan fingerprint density at radius 3 is 3.00 bits per heavy atom. The third-order valence-corrected chi connectivity index (χ3v) is 3.15. The van der Waals surface area contributed by atoms with E-state index in [4.69, 9.17) is 11.5 Å². The molecule has 0 spiro atoms. The summed E-state index contributed by atoms with van der Waals surface area (Å²) in [6.45, 7) is 3.21. The molecule has 1 aromatic heterocycles. The monoisotopic (exact) mass is 249 g/mol. The molecular weight excluding hydrogens is 230 g/mol. The van der Waals surface area contributed by atoms with Crippen molar-refractivity contribution in [1.82, 2.24) is 9.97 Å². The molecule has 1 fully saturated rings. The van der Waals surface area contributed by atoms with Crippen LogP contribution in [0.4, 0.5) is 5.82 Å². The lowest BCUT2D eigenvalue weighted by Crippen LogP contribution is -2.40. The second-order valence-electron chi connectivity index (χ2n) is 4.56. The Balaban J connectivity index is 2.29. The Hall–Kier alpha value is -1.69. The number of anilines is 1. The van der Waals surface area contributed by atoms with Crippen molar-refractivity contribution in [3.8, 4) is 0 Å². The highest BCUT2D eigenvalue weighted by molar-refractivity contribution is 5.83. The summed E-state index contributed by atoms with van der Waals surface area (Å²) in [6, 6.07) is 1.66. The van der Waals surface area contributed by atoms with E-state index in [2.05, 4.69) is 9.97 Å². The number of nitrogens with two attached hydrogens (primary N) is 2. The molecule has 0 aromatic carbocycles. The van der Waals surface area contributed by atoms with Crippen LogP contribution in [-0.2, 0) is 11.2 Å². The number of hydrogen-bond acceptors (Lipinski definition) is 5. The van der Waals surface area contributed by atoms with Gasteiger partial charge in [0.1, 0.15) is 17.7 Å². The van der Waals surface area contributed by atoms with E-state index in [0.29, 0.717) is 18.8 Å². The van der Waals surface area contributed by atoms with Gasteiger partial charge in [0.25, 0.3) is 0 Å². The summed E-state index contributed by atoms with van der Waals surface area (Å²) in [5.74, 6) is 1.20. The molecule has 1 aliphatic heterocycles. The van der Waals surface area contributed by atoms with Crippen LogP contribution in [0.25, 0.3) is 0 Å². The molecule has 1 aliphatic rings. The van der Waals surface area contributed by atoms with Crippen LogP contribution in [0.1, 0.15) is 24.4 Å².